The average Bonchev–Trinajstić information content (AvgIpc) is 2.76. The molecule has 0 saturated carbocycles. The van der Waals surface area contributed by atoms with Crippen LogP contribution < -0.4 is 0 Å². The average molecular weight is 457 g/mol. The first kappa shape index (κ1) is 14.1. The van der Waals surface area contributed by atoms with Gasteiger partial charge in [-0.3, -0.25) is 0 Å². The second-order valence-corrected chi connectivity index (χ2v) is 9.00. The van der Waals surface area contributed by atoms with E-state index in [1.807, 2.05) is 0 Å². The number of nitrogens with zero attached hydrogens (tertiary/aromatic N) is 1. The van der Waals surface area contributed by atoms with Crippen molar-refractivity contribution < 1.29 is 13.2 Å². The zero-order valence-electron chi connectivity index (χ0n) is 9.95. The molecule has 0 N–H and O–H groups in total. The SMILES string of the molecule is O=C(CS(=O)(=O)c1ccccc1)[C@@H]1CCC[N]1[Tl]. The third kappa shape index (κ3) is 3.18. The van der Waals surface area contributed by atoms with Crippen LogP contribution in [0.3, 0.4) is 0 Å². The normalized spacial score (nSPS) is 20.9. The first-order valence-corrected chi connectivity index (χ1v) is 9.48. The number of carbonyl (C=O) groups excluding carboxylic acids is 1. The Morgan fingerprint density at radius 2 is 2.00 bits per heavy atom. The van der Waals surface area contributed by atoms with E-state index in [-0.39, 0.29) is 22.5 Å². The fraction of sp³-hybridized carbons (Fsp3) is 0.417. The van der Waals surface area contributed by atoms with Gasteiger partial charge in [0.1, 0.15) is 0 Å². The maximum atomic E-state index is 12.1. The Morgan fingerprint density at radius 1 is 1.33 bits per heavy atom. The zero-order valence-corrected chi connectivity index (χ0v) is 15.3. The molecule has 1 heterocycles. The van der Waals surface area contributed by atoms with Crippen LogP contribution in [0.1, 0.15) is 12.8 Å². The molecule has 0 aromatic heterocycles. The van der Waals surface area contributed by atoms with Gasteiger partial charge in [0, 0.05) is 0 Å². The molecule has 0 aliphatic carbocycles. The van der Waals surface area contributed by atoms with Crippen LogP contribution in [0.25, 0.3) is 0 Å². The number of sulfone groups is 1. The molecule has 0 amide bonds. The summed E-state index contributed by atoms with van der Waals surface area (Å²) < 4.78 is 26.3. The number of Topliss-reactive ketones (excluding diaryl/α,β-unsaturated/α-hetero) is 1. The molecule has 6 heteroatoms. The quantitative estimate of drug-likeness (QED) is 0.622. The summed E-state index contributed by atoms with van der Waals surface area (Å²) in [4.78, 5) is 12.3. The second-order valence-electron chi connectivity index (χ2n) is 4.43. The van der Waals surface area contributed by atoms with Crippen LogP contribution in [0.2, 0.25) is 0 Å². The van der Waals surface area contributed by atoms with Gasteiger partial charge in [-0.25, -0.2) is 0 Å². The molecule has 1 aliphatic heterocycles. The molecule has 0 bridgehead atoms. The van der Waals surface area contributed by atoms with Crippen LogP contribution in [0.4, 0.5) is 0 Å². The van der Waals surface area contributed by atoms with Crippen molar-refractivity contribution in [1.82, 2.24) is 2.71 Å². The van der Waals surface area contributed by atoms with Crippen LogP contribution >= 0.6 is 0 Å². The van der Waals surface area contributed by atoms with Crippen molar-refractivity contribution in [1.29, 1.82) is 0 Å². The fourth-order valence-corrected chi connectivity index (χ4v) is 5.37. The second kappa shape index (κ2) is 5.79. The van der Waals surface area contributed by atoms with Gasteiger partial charge >= 0.3 is 124 Å². The maximum absolute atomic E-state index is 12.1. The van der Waals surface area contributed by atoms with E-state index >= 15 is 0 Å². The number of benzene rings is 1. The van der Waals surface area contributed by atoms with E-state index in [4.69, 9.17) is 0 Å². The monoisotopic (exact) mass is 457 g/mol. The number of hydrogen-bond acceptors (Lipinski definition) is 4. The van der Waals surface area contributed by atoms with E-state index in [0.717, 1.165) is 19.4 Å². The molecule has 0 spiro atoms. The standard InChI is InChI=1S/C12H14NO3S.Tl/c14-12(11-7-4-8-13-11)9-17(15,16)10-5-2-1-3-6-10;/h1-3,5-6,11H,4,7-9H2;/q-1;+1/t11-;/m0./s1. The molecule has 4 nitrogen and oxygen atoms in total. The molecule has 1 aliphatic rings. The van der Waals surface area contributed by atoms with E-state index in [1.165, 1.54) is 12.1 Å². The molecule has 1 fully saturated rings. The topological polar surface area (TPSA) is 54.5 Å². The molecule has 1 aromatic rings. The van der Waals surface area contributed by atoms with E-state index in [2.05, 4.69) is 2.71 Å². The van der Waals surface area contributed by atoms with Crippen molar-refractivity contribution in [2.24, 2.45) is 0 Å². The first-order chi connectivity index (χ1) is 8.50. The molecule has 2 rings (SSSR count). The molecule has 0 radical (unpaired) electrons. The van der Waals surface area contributed by atoms with Crippen molar-refractivity contribution in [3.8, 4) is 0 Å². The van der Waals surface area contributed by atoms with Crippen LogP contribution in [-0.4, -0.2) is 61.3 Å². The van der Waals surface area contributed by atoms with Crippen LogP contribution in [0.5, 0.6) is 0 Å². The third-order valence-electron chi connectivity index (χ3n) is 3.10. The van der Waals surface area contributed by atoms with Crippen molar-refractivity contribution in [3.63, 3.8) is 0 Å². The molecule has 18 heavy (non-hydrogen) atoms. The summed E-state index contributed by atoms with van der Waals surface area (Å²) >= 11 is 0.603. The Hall–Kier alpha value is -0.278. The summed E-state index contributed by atoms with van der Waals surface area (Å²) in [6, 6.07) is 8.03. The van der Waals surface area contributed by atoms with Crippen LogP contribution in [0, 0.1) is 0 Å². The van der Waals surface area contributed by atoms with Gasteiger partial charge in [0.05, 0.1) is 0 Å². The summed E-state index contributed by atoms with van der Waals surface area (Å²) in [5.74, 6) is -0.524. The Labute approximate surface area is 123 Å². The van der Waals surface area contributed by atoms with Gasteiger partial charge in [0.15, 0.2) is 0 Å². The molecule has 1 aromatic carbocycles. The van der Waals surface area contributed by atoms with Crippen molar-refractivity contribution in [3.05, 3.63) is 30.3 Å². The molecule has 1 atom stereocenters. The van der Waals surface area contributed by atoms with E-state index in [1.54, 1.807) is 18.2 Å². The third-order valence-corrected chi connectivity index (χ3v) is 7.16. The number of hydrogen-bond donors (Lipinski definition) is 0. The summed E-state index contributed by atoms with van der Waals surface area (Å²) in [6.07, 6.45) is 1.80. The number of carbonyl (C=O) groups is 1. The molecular weight excluding hydrogens is 443 g/mol. The van der Waals surface area contributed by atoms with E-state index < -0.39 is 9.84 Å². The van der Waals surface area contributed by atoms with Crippen molar-refractivity contribution >= 4 is 41.7 Å². The van der Waals surface area contributed by atoms with Gasteiger partial charge in [0.2, 0.25) is 0 Å². The summed E-state index contributed by atoms with van der Waals surface area (Å²) in [7, 11) is -3.48. The van der Waals surface area contributed by atoms with Crippen LogP contribution in [0.15, 0.2) is 35.2 Å². The van der Waals surface area contributed by atoms with Gasteiger partial charge in [0.25, 0.3) is 0 Å². The van der Waals surface area contributed by atoms with E-state index in [0.29, 0.717) is 26.1 Å². The summed E-state index contributed by atoms with van der Waals surface area (Å²) in [6.45, 7) is 0.937. The fourth-order valence-electron chi connectivity index (χ4n) is 2.13. The Kier molecular flexibility index (Phi) is 4.55. The first-order valence-electron chi connectivity index (χ1n) is 5.82. The summed E-state index contributed by atoms with van der Waals surface area (Å²) in [5, 5.41) is 0. The molecule has 0 unspecified atom stereocenters. The van der Waals surface area contributed by atoms with Gasteiger partial charge in [-0.2, -0.15) is 0 Å². The van der Waals surface area contributed by atoms with Gasteiger partial charge < -0.3 is 0 Å². The Bertz CT molecular complexity index is 530. The van der Waals surface area contributed by atoms with Crippen LogP contribution in [-0.2, 0) is 14.6 Å². The zero-order chi connectivity index (χ0) is 13.2. The molecule has 1 saturated heterocycles. The molecule has 94 valence electrons. The van der Waals surface area contributed by atoms with E-state index in [9.17, 15) is 13.2 Å². The predicted octanol–water partition coefficient (Wildman–Crippen LogP) is 0.577. The minimum atomic E-state index is -3.48. The number of ketones is 1. The van der Waals surface area contributed by atoms with Gasteiger partial charge in [-0.05, 0) is 0 Å². The predicted molar refractivity (Wildman–Crippen MR) is 69.0 cm³/mol. The van der Waals surface area contributed by atoms with Gasteiger partial charge in [-0.15, -0.1) is 0 Å². The van der Waals surface area contributed by atoms with Crippen molar-refractivity contribution in [2.45, 2.75) is 23.8 Å². The van der Waals surface area contributed by atoms with Crippen molar-refractivity contribution in [2.75, 3.05) is 12.3 Å². The molecular formula is C12H14NO3STl. The number of rotatable bonds is 4. The van der Waals surface area contributed by atoms with Gasteiger partial charge in [-0.1, -0.05) is 0 Å². The minimum absolute atomic E-state index is 0.154. The Balaban J connectivity index is 2.12. The summed E-state index contributed by atoms with van der Waals surface area (Å²) in [5.41, 5.74) is 0. The Morgan fingerprint density at radius 3 is 2.56 bits per heavy atom.